The second-order valence-corrected chi connectivity index (χ2v) is 9.40. The molecule has 140 valence electrons. The van der Waals surface area contributed by atoms with Crippen molar-refractivity contribution in [3.8, 4) is 0 Å². The topological polar surface area (TPSA) is 88.2 Å². The Bertz CT molecular complexity index is 932. The highest BCUT2D eigenvalue weighted by Gasteiger charge is 2.17. The van der Waals surface area contributed by atoms with Gasteiger partial charge in [0.05, 0.1) is 26.7 Å². The van der Waals surface area contributed by atoms with Crippen LogP contribution in [-0.4, -0.2) is 32.4 Å². The number of rotatable bonds is 7. The SMILES string of the molecule is Cc1nc2ccc(S(=O)(=O)NCC(=O)NCCC3=CCCCC3)cc2s1. The quantitative estimate of drug-likeness (QED) is 0.708. The van der Waals surface area contributed by atoms with Gasteiger partial charge in [0.1, 0.15) is 0 Å². The van der Waals surface area contributed by atoms with Gasteiger partial charge in [-0.2, -0.15) is 0 Å². The van der Waals surface area contributed by atoms with E-state index in [1.807, 2.05) is 6.92 Å². The normalized spacial score (nSPS) is 15.0. The van der Waals surface area contributed by atoms with Crippen LogP contribution >= 0.6 is 11.3 Å². The highest BCUT2D eigenvalue weighted by molar-refractivity contribution is 7.89. The molecule has 1 aromatic carbocycles. The van der Waals surface area contributed by atoms with E-state index in [-0.39, 0.29) is 17.3 Å². The summed E-state index contributed by atoms with van der Waals surface area (Å²) in [7, 11) is -3.73. The molecule has 8 heteroatoms. The van der Waals surface area contributed by atoms with E-state index in [4.69, 9.17) is 0 Å². The zero-order valence-corrected chi connectivity index (χ0v) is 16.4. The molecular weight excluding hydrogens is 370 g/mol. The lowest BCUT2D eigenvalue weighted by molar-refractivity contribution is -0.119. The molecule has 6 nitrogen and oxygen atoms in total. The standard InChI is InChI=1S/C18H23N3O3S2/c1-13-21-16-8-7-15(11-17(16)25-13)26(23,24)20-12-18(22)19-10-9-14-5-3-2-4-6-14/h5,7-8,11,20H,2-4,6,9-10,12H2,1H3,(H,19,22). The molecule has 1 heterocycles. The van der Waals surface area contributed by atoms with Gasteiger partial charge < -0.3 is 5.32 Å². The van der Waals surface area contributed by atoms with Gasteiger partial charge in [-0.25, -0.2) is 18.1 Å². The number of carbonyl (C=O) groups excluding carboxylic acids is 1. The van der Waals surface area contributed by atoms with Crippen LogP contribution in [0.25, 0.3) is 10.2 Å². The second-order valence-electron chi connectivity index (χ2n) is 6.40. The molecule has 0 aliphatic heterocycles. The molecule has 0 saturated carbocycles. The van der Waals surface area contributed by atoms with Crippen LogP contribution in [0.15, 0.2) is 34.7 Å². The predicted octanol–water partition coefficient (Wildman–Crippen LogP) is 2.89. The number of nitrogens with zero attached hydrogens (tertiary/aromatic N) is 1. The van der Waals surface area contributed by atoms with E-state index in [0.717, 1.165) is 34.5 Å². The first-order chi connectivity index (χ1) is 12.4. The highest BCUT2D eigenvalue weighted by Crippen LogP contribution is 2.24. The average Bonchev–Trinajstić information content (AvgIpc) is 3.00. The van der Waals surface area contributed by atoms with Gasteiger partial charge in [-0.1, -0.05) is 11.6 Å². The van der Waals surface area contributed by atoms with Gasteiger partial charge in [-0.05, 0) is 57.2 Å². The Morgan fingerprint density at radius 1 is 1.31 bits per heavy atom. The summed E-state index contributed by atoms with van der Waals surface area (Å²) in [4.78, 5) is 16.4. The van der Waals surface area contributed by atoms with Crippen molar-refractivity contribution in [2.45, 2.75) is 43.9 Å². The molecule has 2 aromatic rings. The van der Waals surface area contributed by atoms with Crippen LogP contribution in [0.1, 0.15) is 37.1 Å². The molecule has 0 unspecified atom stereocenters. The third kappa shape index (κ3) is 4.90. The van der Waals surface area contributed by atoms with Crippen LogP contribution in [0.5, 0.6) is 0 Å². The third-order valence-corrected chi connectivity index (χ3v) is 6.69. The lowest BCUT2D eigenvalue weighted by Crippen LogP contribution is -2.37. The van der Waals surface area contributed by atoms with Crippen molar-refractivity contribution in [1.82, 2.24) is 15.0 Å². The van der Waals surface area contributed by atoms with E-state index in [0.29, 0.717) is 6.54 Å². The summed E-state index contributed by atoms with van der Waals surface area (Å²) in [5.41, 5.74) is 2.16. The molecule has 0 atom stereocenters. The summed E-state index contributed by atoms with van der Waals surface area (Å²) in [6, 6.07) is 4.79. The number of benzene rings is 1. The maximum atomic E-state index is 12.4. The van der Waals surface area contributed by atoms with E-state index < -0.39 is 10.0 Å². The van der Waals surface area contributed by atoms with Gasteiger partial charge in [0, 0.05) is 6.54 Å². The lowest BCUT2D eigenvalue weighted by atomic mass is 9.97. The second kappa shape index (κ2) is 8.28. The van der Waals surface area contributed by atoms with Gasteiger partial charge in [-0.15, -0.1) is 11.3 Å². The van der Waals surface area contributed by atoms with Gasteiger partial charge in [0.15, 0.2) is 0 Å². The number of carbonyl (C=O) groups is 1. The minimum Gasteiger partial charge on any atom is -0.355 e. The fourth-order valence-corrected chi connectivity index (χ4v) is 4.94. The average molecular weight is 394 g/mol. The number of hydrogen-bond acceptors (Lipinski definition) is 5. The molecule has 0 bridgehead atoms. The summed E-state index contributed by atoms with van der Waals surface area (Å²) >= 11 is 1.44. The molecule has 0 radical (unpaired) electrons. The predicted molar refractivity (Wildman–Crippen MR) is 104 cm³/mol. The Hall–Kier alpha value is -1.77. The van der Waals surface area contributed by atoms with Crippen LogP contribution < -0.4 is 10.0 Å². The molecule has 0 saturated heterocycles. The van der Waals surface area contributed by atoms with Crippen LogP contribution in [0.3, 0.4) is 0 Å². The number of aryl methyl sites for hydroxylation is 1. The molecule has 0 fully saturated rings. The smallest absolute Gasteiger partial charge is 0.241 e. The van der Waals surface area contributed by atoms with Crippen molar-refractivity contribution in [1.29, 1.82) is 0 Å². The van der Waals surface area contributed by atoms with Crippen molar-refractivity contribution < 1.29 is 13.2 Å². The minimum atomic E-state index is -3.73. The number of amides is 1. The maximum absolute atomic E-state index is 12.4. The summed E-state index contributed by atoms with van der Waals surface area (Å²) in [6.45, 7) is 2.16. The third-order valence-electron chi connectivity index (χ3n) is 4.35. The maximum Gasteiger partial charge on any atom is 0.241 e. The Morgan fingerprint density at radius 2 is 2.15 bits per heavy atom. The Kier molecular flexibility index (Phi) is 6.05. The van der Waals surface area contributed by atoms with Gasteiger partial charge in [0.25, 0.3) is 0 Å². The fourth-order valence-electron chi connectivity index (χ4n) is 2.99. The molecule has 3 rings (SSSR count). The van der Waals surface area contributed by atoms with E-state index in [1.165, 1.54) is 35.8 Å². The first-order valence-corrected chi connectivity index (χ1v) is 11.1. The van der Waals surface area contributed by atoms with Crippen LogP contribution in [0, 0.1) is 6.92 Å². The van der Waals surface area contributed by atoms with E-state index in [1.54, 1.807) is 12.1 Å². The van der Waals surface area contributed by atoms with Crippen molar-refractivity contribution in [2.24, 2.45) is 0 Å². The fraction of sp³-hybridized carbons (Fsp3) is 0.444. The first kappa shape index (κ1) is 19.0. The number of allylic oxidation sites excluding steroid dienone is 1. The molecule has 2 N–H and O–H groups in total. The van der Waals surface area contributed by atoms with E-state index in [2.05, 4.69) is 21.1 Å². The van der Waals surface area contributed by atoms with Gasteiger partial charge in [0.2, 0.25) is 15.9 Å². The molecule has 1 aliphatic carbocycles. The van der Waals surface area contributed by atoms with Crippen molar-refractivity contribution >= 4 is 37.5 Å². The highest BCUT2D eigenvalue weighted by atomic mass is 32.2. The Labute approximate surface area is 157 Å². The molecule has 1 amide bonds. The summed E-state index contributed by atoms with van der Waals surface area (Å²) in [5.74, 6) is -0.320. The number of nitrogens with one attached hydrogen (secondary N) is 2. The van der Waals surface area contributed by atoms with Gasteiger partial charge in [-0.3, -0.25) is 4.79 Å². The monoisotopic (exact) mass is 393 g/mol. The molecule has 0 spiro atoms. The molecule has 26 heavy (non-hydrogen) atoms. The van der Waals surface area contributed by atoms with Gasteiger partial charge >= 0.3 is 0 Å². The lowest BCUT2D eigenvalue weighted by Gasteiger charge is -2.13. The van der Waals surface area contributed by atoms with E-state index >= 15 is 0 Å². The molecule has 1 aliphatic rings. The zero-order chi connectivity index (χ0) is 18.6. The van der Waals surface area contributed by atoms with Crippen LogP contribution in [0.4, 0.5) is 0 Å². The van der Waals surface area contributed by atoms with Crippen molar-refractivity contribution in [3.63, 3.8) is 0 Å². The van der Waals surface area contributed by atoms with Crippen molar-refractivity contribution in [2.75, 3.05) is 13.1 Å². The molecular formula is C18H23N3O3S2. The number of sulfonamides is 1. The minimum absolute atomic E-state index is 0.147. The summed E-state index contributed by atoms with van der Waals surface area (Å²) in [6.07, 6.45) is 7.75. The summed E-state index contributed by atoms with van der Waals surface area (Å²) in [5, 5.41) is 3.66. The largest absolute Gasteiger partial charge is 0.355 e. The summed E-state index contributed by atoms with van der Waals surface area (Å²) < 4.78 is 28.0. The number of fused-ring (bicyclic) bond motifs is 1. The zero-order valence-electron chi connectivity index (χ0n) is 14.7. The van der Waals surface area contributed by atoms with Crippen molar-refractivity contribution in [3.05, 3.63) is 34.9 Å². The van der Waals surface area contributed by atoms with E-state index in [9.17, 15) is 13.2 Å². The van der Waals surface area contributed by atoms with Crippen LogP contribution in [-0.2, 0) is 14.8 Å². The van der Waals surface area contributed by atoms with Crippen LogP contribution in [0.2, 0.25) is 0 Å². The number of aromatic nitrogens is 1. The number of hydrogen-bond donors (Lipinski definition) is 2. The Balaban J connectivity index is 1.51. The number of thiazole rings is 1. The first-order valence-electron chi connectivity index (χ1n) is 8.75. The molecule has 1 aromatic heterocycles. The Morgan fingerprint density at radius 3 is 2.92 bits per heavy atom.